The first-order valence-electron chi connectivity index (χ1n) is 6.19. The number of anilines is 1. The van der Waals surface area contributed by atoms with Gasteiger partial charge in [-0.15, -0.1) is 0 Å². The van der Waals surface area contributed by atoms with Gasteiger partial charge in [0.25, 0.3) is 0 Å². The van der Waals surface area contributed by atoms with Crippen LogP contribution in [0.1, 0.15) is 39.0 Å². The fourth-order valence-corrected chi connectivity index (χ4v) is 2.59. The van der Waals surface area contributed by atoms with Crippen LogP contribution in [0.15, 0.2) is 18.3 Å². The molecule has 1 aromatic heterocycles. The van der Waals surface area contributed by atoms with Crippen LogP contribution in [-0.4, -0.2) is 17.6 Å². The largest absolute Gasteiger partial charge is 0.354 e. The normalized spacial score (nSPS) is 21.1. The number of piperidine rings is 1. The van der Waals surface area contributed by atoms with Gasteiger partial charge >= 0.3 is 0 Å². The number of hydrogen-bond acceptors (Lipinski definition) is 2. The molecule has 0 N–H and O–H groups in total. The Morgan fingerprint density at radius 2 is 2.31 bits per heavy atom. The van der Waals surface area contributed by atoms with Gasteiger partial charge in [0.1, 0.15) is 5.82 Å². The van der Waals surface area contributed by atoms with Gasteiger partial charge in [0.2, 0.25) is 0 Å². The van der Waals surface area contributed by atoms with E-state index in [0.717, 1.165) is 12.4 Å². The number of pyridine rings is 1. The van der Waals surface area contributed by atoms with Crippen molar-refractivity contribution in [2.75, 3.05) is 11.4 Å². The van der Waals surface area contributed by atoms with Crippen LogP contribution in [0.3, 0.4) is 0 Å². The SMILES string of the molecule is CCCC1CCCCN1c1ccc(Cl)cn1. The van der Waals surface area contributed by atoms with E-state index >= 15 is 0 Å². The minimum atomic E-state index is 0.674. The highest BCUT2D eigenvalue weighted by atomic mass is 35.5. The Bertz CT molecular complexity index is 321. The molecule has 0 spiro atoms. The van der Waals surface area contributed by atoms with Crippen LogP contribution in [0.25, 0.3) is 0 Å². The smallest absolute Gasteiger partial charge is 0.128 e. The molecule has 0 radical (unpaired) electrons. The molecule has 0 saturated carbocycles. The maximum Gasteiger partial charge on any atom is 0.128 e. The number of halogens is 1. The summed E-state index contributed by atoms with van der Waals surface area (Å²) in [6, 6.07) is 4.64. The first kappa shape index (κ1) is 11.7. The maximum absolute atomic E-state index is 5.87. The lowest BCUT2D eigenvalue weighted by Crippen LogP contribution is -2.39. The second-order valence-corrected chi connectivity index (χ2v) is 4.90. The van der Waals surface area contributed by atoms with Gasteiger partial charge in [-0.25, -0.2) is 4.98 Å². The summed E-state index contributed by atoms with van der Waals surface area (Å²) in [6.45, 7) is 3.39. The predicted molar refractivity (Wildman–Crippen MR) is 69.1 cm³/mol. The summed E-state index contributed by atoms with van der Waals surface area (Å²) in [5.41, 5.74) is 0. The van der Waals surface area contributed by atoms with E-state index in [4.69, 9.17) is 11.6 Å². The highest BCUT2D eigenvalue weighted by Gasteiger charge is 2.22. The summed E-state index contributed by atoms with van der Waals surface area (Å²) >= 11 is 5.87. The fourth-order valence-electron chi connectivity index (χ4n) is 2.47. The maximum atomic E-state index is 5.87. The lowest BCUT2D eigenvalue weighted by molar-refractivity contribution is 0.432. The molecule has 1 unspecified atom stereocenters. The third kappa shape index (κ3) is 2.67. The Morgan fingerprint density at radius 1 is 1.44 bits per heavy atom. The Labute approximate surface area is 103 Å². The van der Waals surface area contributed by atoms with Crippen molar-refractivity contribution in [2.45, 2.75) is 45.1 Å². The molecule has 16 heavy (non-hydrogen) atoms. The number of aromatic nitrogens is 1. The van der Waals surface area contributed by atoms with E-state index in [1.807, 2.05) is 12.1 Å². The van der Waals surface area contributed by atoms with Crippen molar-refractivity contribution in [3.63, 3.8) is 0 Å². The molecule has 0 aliphatic carbocycles. The van der Waals surface area contributed by atoms with E-state index in [1.165, 1.54) is 32.1 Å². The first-order valence-corrected chi connectivity index (χ1v) is 6.57. The quantitative estimate of drug-likeness (QED) is 0.794. The lowest BCUT2D eigenvalue weighted by atomic mass is 9.98. The molecule has 3 heteroatoms. The molecule has 0 bridgehead atoms. The number of rotatable bonds is 3. The van der Waals surface area contributed by atoms with Crippen LogP contribution in [0.5, 0.6) is 0 Å². The van der Waals surface area contributed by atoms with Crippen molar-refractivity contribution >= 4 is 17.4 Å². The van der Waals surface area contributed by atoms with Gasteiger partial charge in [-0.1, -0.05) is 24.9 Å². The zero-order chi connectivity index (χ0) is 11.4. The molecule has 88 valence electrons. The third-order valence-electron chi connectivity index (χ3n) is 3.26. The van der Waals surface area contributed by atoms with Gasteiger partial charge in [0.15, 0.2) is 0 Å². The zero-order valence-electron chi connectivity index (χ0n) is 9.82. The second kappa shape index (κ2) is 5.53. The third-order valence-corrected chi connectivity index (χ3v) is 3.48. The molecule has 1 fully saturated rings. The van der Waals surface area contributed by atoms with Crippen molar-refractivity contribution < 1.29 is 0 Å². The summed E-state index contributed by atoms with van der Waals surface area (Å²) in [5.74, 6) is 1.09. The Morgan fingerprint density at radius 3 is 3.00 bits per heavy atom. The average Bonchev–Trinajstić information content (AvgIpc) is 2.32. The van der Waals surface area contributed by atoms with Crippen LogP contribution in [0.2, 0.25) is 5.02 Å². The highest BCUT2D eigenvalue weighted by molar-refractivity contribution is 6.30. The molecule has 1 atom stereocenters. The molecule has 0 aromatic carbocycles. The van der Waals surface area contributed by atoms with E-state index in [1.54, 1.807) is 6.20 Å². The van der Waals surface area contributed by atoms with Crippen LogP contribution >= 0.6 is 11.6 Å². The van der Waals surface area contributed by atoms with Gasteiger partial charge < -0.3 is 4.90 Å². The summed E-state index contributed by atoms with van der Waals surface area (Å²) in [4.78, 5) is 6.88. The molecule has 2 nitrogen and oxygen atoms in total. The first-order chi connectivity index (χ1) is 7.81. The molecule has 1 aliphatic rings. The standard InChI is InChI=1S/C13H19ClN2/c1-2-5-12-6-3-4-9-16(12)13-8-7-11(14)10-15-13/h7-8,10,12H,2-6,9H2,1H3. The number of hydrogen-bond donors (Lipinski definition) is 0. The van der Waals surface area contributed by atoms with E-state index in [9.17, 15) is 0 Å². The van der Waals surface area contributed by atoms with Crippen LogP contribution < -0.4 is 4.90 Å². The molecule has 0 amide bonds. The van der Waals surface area contributed by atoms with E-state index in [0.29, 0.717) is 11.1 Å². The van der Waals surface area contributed by atoms with E-state index < -0.39 is 0 Å². The van der Waals surface area contributed by atoms with Gasteiger partial charge in [0.05, 0.1) is 5.02 Å². The molecular formula is C13H19ClN2. The topological polar surface area (TPSA) is 16.1 Å². The summed E-state index contributed by atoms with van der Waals surface area (Å²) < 4.78 is 0. The van der Waals surface area contributed by atoms with Crippen molar-refractivity contribution in [3.05, 3.63) is 23.4 Å². The molecule has 1 aromatic rings. The lowest BCUT2D eigenvalue weighted by Gasteiger charge is -2.36. The van der Waals surface area contributed by atoms with Crippen LogP contribution in [0, 0.1) is 0 Å². The van der Waals surface area contributed by atoms with Crippen molar-refractivity contribution in [2.24, 2.45) is 0 Å². The Balaban J connectivity index is 2.13. The Hall–Kier alpha value is -0.760. The van der Waals surface area contributed by atoms with E-state index in [2.05, 4.69) is 16.8 Å². The molecule has 1 aliphatic heterocycles. The fraction of sp³-hybridized carbons (Fsp3) is 0.615. The van der Waals surface area contributed by atoms with Gasteiger partial charge in [0, 0.05) is 18.8 Å². The summed E-state index contributed by atoms with van der Waals surface area (Å²) in [7, 11) is 0. The highest BCUT2D eigenvalue weighted by Crippen LogP contribution is 2.26. The zero-order valence-corrected chi connectivity index (χ0v) is 10.6. The minimum Gasteiger partial charge on any atom is -0.354 e. The van der Waals surface area contributed by atoms with Crippen molar-refractivity contribution in [1.29, 1.82) is 0 Å². The molecule has 2 heterocycles. The molecular weight excluding hydrogens is 220 g/mol. The molecule has 1 saturated heterocycles. The average molecular weight is 239 g/mol. The van der Waals surface area contributed by atoms with Gasteiger partial charge in [-0.2, -0.15) is 0 Å². The summed E-state index contributed by atoms with van der Waals surface area (Å²) in [6.07, 6.45) is 8.20. The molecule has 2 rings (SSSR count). The summed E-state index contributed by atoms with van der Waals surface area (Å²) in [5, 5.41) is 0.716. The monoisotopic (exact) mass is 238 g/mol. The van der Waals surface area contributed by atoms with Crippen molar-refractivity contribution in [3.8, 4) is 0 Å². The van der Waals surface area contributed by atoms with Gasteiger partial charge in [-0.05, 0) is 37.8 Å². The minimum absolute atomic E-state index is 0.674. The van der Waals surface area contributed by atoms with Crippen LogP contribution in [-0.2, 0) is 0 Å². The van der Waals surface area contributed by atoms with Crippen molar-refractivity contribution in [1.82, 2.24) is 4.98 Å². The van der Waals surface area contributed by atoms with E-state index in [-0.39, 0.29) is 0 Å². The number of nitrogens with zero attached hydrogens (tertiary/aromatic N) is 2. The van der Waals surface area contributed by atoms with Gasteiger partial charge in [-0.3, -0.25) is 0 Å². The second-order valence-electron chi connectivity index (χ2n) is 4.47. The van der Waals surface area contributed by atoms with Crippen LogP contribution in [0.4, 0.5) is 5.82 Å². The Kier molecular flexibility index (Phi) is 4.05. The predicted octanol–water partition coefficient (Wildman–Crippen LogP) is 3.89.